The number of rotatable bonds is 0. The van der Waals surface area contributed by atoms with Gasteiger partial charge in [0, 0.05) is 12.1 Å². The summed E-state index contributed by atoms with van der Waals surface area (Å²) in [5, 5.41) is 0. The first-order valence-electron chi connectivity index (χ1n) is 6.08. The second-order valence-corrected chi connectivity index (χ2v) is 6.03. The van der Waals surface area contributed by atoms with Crippen molar-refractivity contribution in [2.45, 2.75) is 52.1 Å². The topological polar surface area (TPSA) is 32.8 Å². The maximum atomic E-state index is 12.4. The van der Waals surface area contributed by atoms with Gasteiger partial charge in [0.05, 0.1) is 5.60 Å². The predicted molar refractivity (Wildman–Crippen MR) is 66.3 cm³/mol. The molecule has 17 heavy (non-hydrogen) atoms. The molecule has 2 rings (SSSR count). The molecule has 4 heteroatoms. The first kappa shape index (κ1) is 12.6. The van der Waals surface area contributed by atoms with E-state index in [9.17, 15) is 4.79 Å². The van der Waals surface area contributed by atoms with Crippen LogP contribution in [0.3, 0.4) is 0 Å². The Kier molecular flexibility index (Phi) is 2.64. The van der Waals surface area contributed by atoms with Gasteiger partial charge in [-0.1, -0.05) is 6.08 Å². The minimum Gasteiger partial charge on any atom is -0.347 e. The zero-order valence-electron chi connectivity index (χ0n) is 11.6. The molecule has 1 unspecified atom stereocenters. The van der Waals surface area contributed by atoms with Gasteiger partial charge in [-0.25, -0.2) is 0 Å². The first-order chi connectivity index (χ1) is 7.67. The molecule has 0 saturated carbocycles. The first-order valence-corrected chi connectivity index (χ1v) is 6.08. The molecule has 4 nitrogen and oxygen atoms in total. The highest BCUT2D eigenvalue weighted by Gasteiger charge is 2.56. The number of hydrogen-bond acceptors (Lipinski definition) is 3. The predicted octanol–water partition coefficient (Wildman–Crippen LogP) is 1.58. The van der Waals surface area contributed by atoms with Crippen LogP contribution in [0.1, 0.15) is 34.6 Å². The highest BCUT2D eigenvalue weighted by molar-refractivity contribution is 5.94. The van der Waals surface area contributed by atoms with E-state index < -0.39 is 5.72 Å². The number of ether oxygens (including phenoxy) is 1. The maximum Gasteiger partial charge on any atom is 0.252 e. The number of amides is 1. The van der Waals surface area contributed by atoms with E-state index in [1.807, 2.05) is 52.6 Å². The summed E-state index contributed by atoms with van der Waals surface area (Å²) in [7, 11) is 2.03. The van der Waals surface area contributed by atoms with Crippen molar-refractivity contribution in [3.05, 3.63) is 11.6 Å². The number of hydrogen-bond donors (Lipinski definition) is 0. The molecule has 0 aromatic carbocycles. The monoisotopic (exact) mass is 238 g/mol. The van der Waals surface area contributed by atoms with Crippen molar-refractivity contribution in [1.82, 2.24) is 9.80 Å². The Balaban J connectivity index is 2.50. The molecule has 1 fully saturated rings. The van der Waals surface area contributed by atoms with E-state index in [2.05, 4.69) is 4.90 Å². The average molecular weight is 238 g/mol. The van der Waals surface area contributed by atoms with Crippen molar-refractivity contribution in [2.75, 3.05) is 13.6 Å². The van der Waals surface area contributed by atoms with Crippen LogP contribution >= 0.6 is 0 Å². The molecule has 2 aliphatic heterocycles. The Morgan fingerprint density at radius 3 is 2.53 bits per heavy atom. The highest BCUT2D eigenvalue weighted by Crippen LogP contribution is 2.41. The van der Waals surface area contributed by atoms with Crippen LogP contribution in [0.15, 0.2) is 11.6 Å². The van der Waals surface area contributed by atoms with E-state index in [0.29, 0.717) is 0 Å². The number of carbonyl (C=O) groups is 1. The fourth-order valence-electron chi connectivity index (χ4n) is 3.09. The van der Waals surface area contributed by atoms with E-state index in [1.165, 1.54) is 0 Å². The molecule has 2 heterocycles. The van der Waals surface area contributed by atoms with Gasteiger partial charge in [-0.15, -0.1) is 0 Å². The van der Waals surface area contributed by atoms with Gasteiger partial charge in [0.1, 0.15) is 11.9 Å². The lowest BCUT2D eigenvalue weighted by Gasteiger charge is -2.37. The Morgan fingerprint density at radius 2 is 1.94 bits per heavy atom. The third-order valence-electron chi connectivity index (χ3n) is 3.62. The van der Waals surface area contributed by atoms with Crippen molar-refractivity contribution in [1.29, 1.82) is 0 Å². The van der Waals surface area contributed by atoms with Gasteiger partial charge in [0.2, 0.25) is 0 Å². The van der Waals surface area contributed by atoms with Crippen LogP contribution in [0, 0.1) is 0 Å². The van der Waals surface area contributed by atoms with Gasteiger partial charge >= 0.3 is 0 Å². The summed E-state index contributed by atoms with van der Waals surface area (Å²) < 4.78 is 6.06. The molecule has 0 aliphatic carbocycles. The smallest absolute Gasteiger partial charge is 0.252 e. The molecular formula is C13H22N2O2. The second-order valence-electron chi connectivity index (χ2n) is 6.03. The SMILES string of the molecule is CC1=CCN(C)C2N(C1=O)C(C)(C)OC2(C)C. The van der Waals surface area contributed by atoms with Crippen molar-refractivity contribution in [3.63, 3.8) is 0 Å². The molecule has 1 saturated heterocycles. The summed E-state index contributed by atoms with van der Waals surface area (Å²) in [5.41, 5.74) is -0.112. The van der Waals surface area contributed by atoms with E-state index in [4.69, 9.17) is 4.74 Å². The van der Waals surface area contributed by atoms with Crippen LogP contribution in [0.2, 0.25) is 0 Å². The lowest BCUT2D eigenvalue weighted by molar-refractivity contribution is -0.146. The number of carbonyl (C=O) groups excluding carboxylic acids is 1. The van der Waals surface area contributed by atoms with E-state index >= 15 is 0 Å². The number of fused-ring (bicyclic) bond motifs is 1. The minimum atomic E-state index is -0.557. The molecular weight excluding hydrogens is 216 g/mol. The Morgan fingerprint density at radius 1 is 1.35 bits per heavy atom. The number of likely N-dealkylation sites (N-methyl/N-ethyl adjacent to an activating group) is 1. The maximum absolute atomic E-state index is 12.4. The van der Waals surface area contributed by atoms with Crippen LogP contribution in [0.4, 0.5) is 0 Å². The lowest BCUT2D eigenvalue weighted by atomic mass is 10.0. The Hall–Kier alpha value is -0.870. The van der Waals surface area contributed by atoms with Gasteiger partial charge in [-0.3, -0.25) is 14.6 Å². The Labute approximate surface area is 103 Å². The molecule has 0 radical (unpaired) electrons. The normalized spacial score (nSPS) is 32.1. The van der Waals surface area contributed by atoms with E-state index in [-0.39, 0.29) is 17.7 Å². The zero-order valence-corrected chi connectivity index (χ0v) is 11.6. The zero-order chi connectivity index (χ0) is 13.0. The fraction of sp³-hybridized carbons (Fsp3) is 0.769. The van der Waals surface area contributed by atoms with Crippen molar-refractivity contribution >= 4 is 5.91 Å². The average Bonchev–Trinajstić information content (AvgIpc) is 2.27. The van der Waals surface area contributed by atoms with Crippen LogP contribution < -0.4 is 0 Å². The lowest BCUT2D eigenvalue weighted by Crippen LogP contribution is -2.55. The largest absolute Gasteiger partial charge is 0.347 e. The van der Waals surface area contributed by atoms with Gasteiger partial charge in [-0.2, -0.15) is 0 Å². The highest BCUT2D eigenvalue weighted by atomic mass is 16.6. The van der Waals surface area contributed by atoms with E-state index in [1.54, 1.807) is 0 Å². The van der Waals surface area contributed by atoms with Crippen LogP contribution in [0.25, 0.3) is 0 Å². The van der Waals surface area contributed by atoms with Gasteiger partial charge < -0.3 is 4.74 Å². The van der Waals surface area contributed by atoms with Gasteiger partial charge in [-0.05, 0) is 41.7 Å². The second kappa shape index (κ2) is 3.56. The summed E-state index contributed by atoms with van der Waals surface area (Å²) in [4.78, 5) is 16.5. The van der Waals surface area contributed by atoms with Crippen molar-refractivity contribution in [2.24, 2.45) is 0 Å². The molecule has 2 aliphatic rings. The summed E-state index contributed by atoms with van der Waals surface area (Å²) >= 11 is 0. The van der Waals surface area contributed by atoms with Crippen LogP contribution in [-0.2, 0) is 9.53 Å². The molecule has 1 atom stereocenters. The number of nitrogens with zero attached hydrogens (tertiary/aromatic N) is 2. The summed E-state index contributed by atoms with van der Waals surface area (Å²) in [6.07, 6.45) is 1.98. The quantitative estimate of drug-likeness (QED) is 0.642. The van der Waals surface area contributed by atoms with Crippen molar-refractivity contribution < 1.29 is 9.53 Å². The third-order valence-corrected chi connectivity index (χ3v) is 3.62. The summed E-state index contributed by atoms with van der Waals surface area (Å²) in [6.45, 7) is 10.7. The molecule has 96 valence electrons. The summed E-state index contributed by atoms with van der Waals surface area (Å²) in [5.74, 6) is 0.0786. The third kappa shape index (κ3) is 1.79. The Bertz CT molecular complexity index is 385. The molecule has 0 N–H and O–H groups in total. The van der Waals surface area contributed by atoms with Gasteiger partial charge in [0.25, 0.3) is 5.91 Å². The van der Waals surface area contributed by atoms with Crippen LogP contribution in [0.5, 0.6) is 0 Å². The molecule has 0 spiro atoms. The molecule has 0 aromatic heterocycles. The minimum absolute atomic E-state index is 0.0151. The fourth-order valence-corrected chi connectivity index (χ4v) is 3.09. The summed E-state index contributed by atoms with van der Waals surface area (Å²) in [6, 6.07) is 0. The standard InChI is InChI=1S/C13H22N2O2/c1-9-7-8-14(6)11-12(2,3)17-13(4,5)15(11)10(9)16/h7,11H,8H2,1-6H3. The van der Waals surface area contributed by atoms with E-state index in [0.717, 1.165) is 12.1 Å². The van der Waals surface area contributed by atoms with Crippen LogP contribution in [-0.4, -0.2) is 46.8 Å². The van der Waals surface area contributed by atoms with Crippen molar-refractivity contribution in [3.8, 4) is 0 Å². The molecule has 0 aromatic rings. The van der Waals surface area contributed by atoms with Gasteiger partial charge in [0.15, 0.2) is 0 Å². The molecule has 1 amide bonds. The molecule has 0 bridgehead atoms.